The van der Waals surface area contributed by atoms with Gasteiger partial charge in [0.2, 0.25) is 0 Å². The molecule has 20 heavy (non-hydrogen) atoms. The molecule has 0 bridgehead atoms. The van der Waals surface area contributed by atoms with E-state index in [0.29, 0.717) is 5.75 Å². The summed E-state index contributed by atoms with van der Waals surface area (Å²) in [7, 11) is 0. The molecule has 0 unspecified atom stereocenters. The molecule has 2 rings (SSSR count). The van der Waals surface area contributed by atoms with Crippen molar-refractivity contribution in [1.82, 2.24) is 0 Å². The molecule has 0 heterocycles. The van der Waals surface area contributed by atoms with Crippen LogP contribution in [0.15, 0.2) is 53.0 Å². The number of hydrogen-bond donors (Lipinski definition) is 1. The maximum atomic E-state index is 12.1. The quantitative estimate of drug-likeness (QED) is 0.912. The van der Waals surface area contributed by atoms with Gasteiger partial charge in [-0.25, -0.2) is 0 Å². The molecule has 104 valence electrons. The smallest absolute Gasteiger partial charge is 0.265 e. The topological polar surface area (TPSA) is 38.3 Å². The number of amides is 1. The summed E-state index contributed by atoms with van der Waals surface area (Å²) in [6, 6.07) is 15.0. The monoisotopic (exact) mass is 333 g/mol. The van der Waals surface area contributed by atoms with Crippen molar-refractivity contribution in [3.05, 3.63) is 58.6 Å². The minimum absolute atomic E-state index is 0.171. The Bertz CT molecular complexity index is 599. The van der Waals surface area contributed by atoms with Gasteiger partial charge in [0.05, 0.1) is 0 Å². The van der Waals surface area contributed by atoms with E-state index in [2.05, 4.69) is 21.2 Å². The molecule has 0 aliphatic heterocycles. The van der Waals surface area contributed by atoms with Crippen LogP contribution in [0.3, 0.4) is 0 Å². The number of hydrogen-bond acceptors (Lipinski definition) is 2. The number of benzene rings is 2. The van der Waals surface area contributed by atoms with Gasteiger partial charge in [-0.3, -0.25) is 4.79 Å². The van der Waals surface area contributed by atoms with Crippen LogP contribution in [0, 0.1) is 6.92 Å². The Morgan fingerprint density at radius 3 is 2.55 bits per heavy atom. The normalized spacial score (nSPS) is 11.8. The second-order valence-corrected chi connectivity index (χ2v) is 5.38. The Labute approximate surface area is 127 Å². The summed E-state index contributed by atoms with van der Waals surface area (Å²) in [4.78, 5) is 12.1. The molecule has 0 spiro atoms. The first-order valence-electron chi connectivity index (χ1n) is 6.35. The summed E-state index contributed by atoms with van der Waals surface area (Å²) in [5.41, 5.74) is 1.83. The zero-order valence-electron chi connectivity index (χ0n) is 11.4. The lowest BCUT2D eigenvalue weighted by atomic mass is 10.2. The van der Waals surface area contributed by atoms with Crippen LogP contribution < -0.4 is 10.1 Å². The largest absolute Gasteiger partial charge is 0.481 e. The van der Waals surface area contributed by atoms with Crippen molar-refractivity contribution in [3.63, 3.8) is 0 Å². The van der Waals surface area contributed by atoms with Gasteiger partial charge in [-0.15, -0.1) is 0 Å². The van der Waals surface area contributed by atoms with Crippen molar-refractivity contribution in [3.8, 4) is 5.75 Å². The molecule has 1 amide bonds. The van der Waals surface area contributed by atoms with Crippen molar-refractivity contribution in [2.75, 3.05) is 5.32 Å². The molecule has 0 fully saturated rings. The molecular weight excluding hydrogens is 318 g/mol. The third kappa shape index (κ3) is 3.84. The Hall–Kier alpha value is -1.81. The summed E-state index contributed by atoms with van der Waals surface area (Å²) < 4.78 is 6.60. The van der Waals surface area contributed by atoms with Gasteiger partial charge in [-0.05, 0) is 49.7 Å². The number of carbonyl (C=O) groups is 1. The van der Waals surface area contributed by atoms with Crippen LogP contribution in [0.2, 0.25) is 0 Å². The van der Waals surface area contributed by atoms with Gasteiger partial charge in [0, 0.05) is 10.2 Å². The van der Waals surface area contributed by atoms with Crippen LogP contribution in [-0.2, 0) is 4.79 Å². The summed E-state index contributed by atoms with van der Waals surface area (Å²) in [6.07, 6.45) is -0.554. The third-order valence-electron chi connectivity index (χ3n) is 2.85. The first-order chi connectivity index (χ1) is 9.56. The average Bonchev–Trinajstić information content (AvgIpc) is 2.44. The highest BCUT2D eigenvalue weighted by Gasteiger charge is 2.14. The molecule has 2 aromatic carbocycles. The van der Waals surface area contributed by atoms with Crippen molar-refractivity contribution >= 4 is 27.5 Å². The molecule has 4 heteroatoms. The fourth-order valence-corrected chi connectivity index (χ4v) is 1.97. The molecule has 0 saturated heterocycles. The maximum absolute atomic E-state index is 12.1. The highest BCUT2D eigenvalue weighted by molar-refractivity contribution is 9.10. The number of aryl methyl sites for hydroxylation is 1. The predicted molar refractivity (Wildman–Crippen MR) is 84.0 cm³/mol. The van der Waals surface area contributed by atoms with E-state index >= 15 is 0 Å². The van der Waals surface area contributed by atoms with Crippen molar-refractivity contribution in [1.29, 1.82) is 0 Å². The molecule has 0 saturated carbocycles. The maximum Gasteiger partial charge on any atom is 0.265 e. The van der Waals surface area contributed by atoms with Crippen LogP contribution in [0.4, 0.5) is 5.69 Å². The molecule has 0 radical (unpaired) electrons. The van der Waals surface area contributed by atoms with E-state index in [1.165, 1.54) is 0 Å². The molecule has 2 aromatic rings. The van der Waals surface area contributed by atoms with Gasteiger partial charge in [0.25, 0.3) is 5.91 Å². The number of halogens is 1. The minimum Gasteiger partial charge on any atom is -0.481 e. The number of ether oxygens (including phenoxy) is 1. The standard InChI is InChI=1S/C16H16BrNO2/c1-11-10-13(8-9-15(11)17)18-16(19)12(2)20-14-6-4-3-5-7-14/h3-10,12H,1-2H3,(H,18,19)/t12-/m1/s1. The van der Waals surface area contributed by atoms with Gasteiger partial charge < -0.3 is 10.1 Å². The summed E-state index contributed by atoms with van der Waals surface area (Å²) in [6.45, 7) is 3.71. The molecule has 1 N–H and O–H groups in total. The summed E-state index contributed by atoms with van der Waals surface area (Å²) in [5, 5.41) is 2.85. The first kappa shape index (κ1) is 14.6. The highest BCUT2D eigenvalue weighted by atomic mass is 79.9. The van der Waals surface area contributed by atoms with E-state index in [1.807, 2.05) is 55.5 Å². The van der Waals surface area contributed by atoms with Crippen LogP contribution in [0.1, 0.15) is 12.5 Å². The Balaban J connectivity index is 1.99. The van der Waals surface area contributed by atoms with Crippen LogP contribution in [0.25, 0.3) is 0 Å². The van der Waals surface area contributed by atoms with Crippen LogP contribution in [-0.4, -0.2) is 12.0 Å². The number of para-hydroxylation sites is 1. The lowest BCUT2D eigenvalue weighted by Crippen LogP contribution is -2.30. The van der Waals surface area contributed by atoms with E-state index < -0.39 is 6.10 Å². The SMILES string of the molecule is Cc1cc(NC(=O)[C@@H](C)Oc2ccccc2)ccc1Br. The lowest BCUT2D eigenvalue weighted by molar-refractivity contribution is -0.122. The van der Waals surface area contributed by atoms with Crippen molar-refractivity contribution in [2.24, 2.45) is 0 Å². The van der Waals surface area contributed by atoms with E-state index in [9.17, 15) is 4.79 Å². The highest BCUT2D eigenvalue weighted by Crippen LogP contribution is 2.20. The van der Waals surface area contributed by atoms with Gasteiger partial charge in [0.15, 0.2) is 6.10 Å². The Morgan fingerprint density at radius 2 is 1.90 bits per heavy atom. The number of nitrogens with one attached hydrogen (secondary N) is 1. The average molecular weight is 334 g/mol. The second-order valence-electron chi connectivity index (χ2n) is 4.53. The number of rotatable bonds is 4. The van der Waals surface area contributed by atoms with E-state index in [4.69, 9.17) is 4.74 Å². The Morgan fingerprint density at radius 1 is 1.20 bits per heavy atom. The van der Waals surface area contributed by atoms with Crippen LogP contribution in [0.5, 0.6) is 5.75 Å². The zero-order chi connectivity index (χ0) is 14.5. The molecular formula is C16H16BrNO2. The van der Waals surface area contributed by atoms with Gasteiger partial charge in [-0.2, -0.15) is 0 Å². The van der Waals surface area contributed by atoms with E-state index in [0.717, 1.165) is 15.7 Å². The second kappa shape index (κ2) is 6.57. The molecule has 0 aliphatic carbocycles. The lowest BCUT2D eigenvalue weighted by Gasteiger charge is -2.15. The fourth-order valence-electron chi connectivity index (χ4n) is 1.72. The number of anilines is 1. The zero-order valence-corrected chi connectivity index (χ0v) is 13.0. The molecule has 1 atom stereocenters. The van der Waals surface area contributed by atoms with Gasteiger partial charge in [0.1, 0.15) is 5.75 Å². The van der Waals surface area contributed by atoms with E-state index in [1.54, 1.807) is 6.92 Å². The first-order valence-corrected chi connectivity index (χ1v) is 7.14. The predicted octanol–water partition coefficient (Wildman–Crippen LogP) is 4.16. The molecule has 3 nitrogen and oxygen atoms in total. The van der Waals surface area contributed by atoms with Gasteiger partial charge >= 0.3 is 0 Å². The minimum atomic E-state index is -0.554. The van der Waals surface area contributed by atoms with E-state index in [-0.39, 0.29) is 5.91 Å². The molecule has 0 aromatic heterocycles. The summed E-state index contributed by atoms with van der Waals surface area (Å²) >= 11 is 3.43. The van der Waals surface area contributed by atoms with Crippen LogP contribution >= 0.6 is 15.9 Å². The number of carbonyl (C=O) groups excluding carboxylic acids is 1. The third-order valence-corrected chi connectivity index (χ3v) is 3.74. The molecule has 0 aliphatic rings. The fraction of sp³-hybridized carbons (Fsp3) is 0.188. The summed E-state index contributed by atoms with van der Waals surface area (Å²) in [5.74, 6) is 0.512. The van der Waals surface area contributed by atoms with Crippen molar-refractivity contribution in [2.45, 2.75) is 20.0 Å². The Kier molecular flexibility index (Phi) is 4.79. The van der Waals surface area contributed by atoms with Gasteiger partial charge in [-0.1, -0.05) is 34.1 Å². The van der Waals surface area contributed by atoms with Crippen molar-refractivity contribution < 1.29 is 9.53 Å².